The second-order valence-electron chi connectivity index (χ2n) is 6.79. The molecule has 1 saturated heterocycles. The second kappa shape index (κ2) is 7.84. The number of para-hydroxylation sites is 1. The summed E-state index contributed by atoms with van der Waals surface area (Å²) in [6, 6.07) is 11.6. The van der Waals surface area contributed by atoms with Gasteiger partial charge in [0.25, 0.3) is 0 Å². The molecule has 0 radical (unpaired) electrons. The smallest absolute Gasteiger partial charge is 0.227 e. The van der Waals surface area contributed by atoms with Gasteiger partial charge in [-0.2, -0.15) is 4.52 Å². The van der Waals surface area contributed by atoms with Crippen LogP contribution in [0.5, 0.6) is 5.75 Å². The van der Waals surface area contributed by atoms with E-state index in [1.807, 2.05) is 48.2 Å². The number of aryl methyl sites for hydroxylation is 1. The van der Waals surface area contributed by atoms with Gasteiger partial charge >= 0.3 is 0 Å². The van der Waals surface area contributed by atoms with Crippen LogP contribution in [-0.4, -0.2) is 63.9 Å². The van der Waals surface area contributed by atoms with Crippen molar-refractivity contribution < 1.29 is 9.53 Å². The summed E-state index contributed by atoms with van der Waals surface area (Å²) in [5.74, 6) is 2.62. The van der Waals surface area contributed by atoms with E-state index in [1.54, 1.807) is 11.6 Å². The molecule has 2 aromatic heterocycles. The summed E-state index contributed by atoms with van der Waals surface area (Å²) in [6.45, 7) is 4.89. The van der Waals surface area contributed by atoms with Gasteiger partial charge in [0.2, 0.25) is 5.91 Å². The standard InChI is InChI=1S/C20H24N6O2/c1-3-17-21-22-18-8-9-19(23-26(17)18)24-10-12-25(13-11-24)20(27)14-15-6-4-5-7-16(15)28-2/h4-9H,3,10-14H2,1-2H3. The Bertz CT molecular complexity index is 978. The molecule has 0 N–H and O–H groups in total. The van der Waals surface area contributed by atoms with E-state index in [4.69, 9.17) is 4.74 Å². The van der Waals surface area contributed by atoms with Gasteiger partial charge in [-0.1, -0.05) is 25.1 Å². The maximum absolute atomic E-state index is 12.7. The first-order valence-electron chi connectivity index (χ1n) is 9.55. The number of carbonyl (C=O) groups is 1. The summed E-state index contributed by atoms with van der Waals surface area (Å²) >= 11 is 0. The van der Waals surface area contributed by atoms with Crippen LogP contribution in [0.1, 0.15) is 18.3 Å². The summed E-state index contributed by atoms with van der Waals surface area (Å²) < 4.78 is 7.16. The van der Waals surface area contributed by atoms with Gasteiger partial charge in [0, 0.05) is 38.2 Å². The van der Waals surface area contributed by atoms with E-state index in [0.29, 0.717) is 19.5 Å². The number of piperazine rings is 1. The van der Waals surface area contributed by atoms with Crippen molar-refractivity contribution in [2.75, 3.05) is 38.2 Å². The predicted octanol–water partition coefficient (Wildman–Crippen LogP) is 1.59. The van der Waals surface area contributed by atoms with Crippen LogP contribution in [0.15, 0.2) is 36.4 Å². The van der Waals surface area contributed by atoms with Crippen molar-refractivity contribution in [1.82, 2.24) is 24.7 Å². The van der Waals surface area contributed by atoms with Gasteiger partial charge in [-0.25, -0.2) is 0 Å². The molecule has 3 heterocycles. The molecule has 146 valence electrons. The molecule has 0 aliphatic carbocycles. The number of nitrogens with zero attached hydrogens (tertiary/aromatic N) is 6. The van der Waals surface area contributed by atoms with Gasteiger partial charge in [0.1, 0.15) is 11.6 Å². The van der Waals surface area contributed by atoms with Crippen LogP contribution in [-0.2, 0) is 17.6 Å². The zero-order valence-electron chi connectivity index (χ0n) is 16.2. The highest BCUT2D eigenvalue weighted by molar-refractivity contribution is 5.79. The van der Waals surface area contributed by atoms with E-state index in [0.717, 1.165) is 48.1 Å². The Kier molecular flexibility index (Phi) is 5.10. The molecule has 0 saturated carbocycles. The number of hydrogen-bond acceptors (Lipinski definition) is 6. The number of hydrogen-bond donors (Lipinski definition) is 0. The Morgan fingerprint density at radius 2 is 1.86 bits per heavy atom. The zero-order valence-corrected chi connectivity index (χ0v) is 16.2. The summed E-state index contributed by atoms with van der Waals surface area (Å²) in [5.41, 5.74) is 1.68. The van der Waals surface area contributed by atoms with E-state index in [2.05, 4.69) is 20.2 Å². The van der Waals surface area contributed by atoms with Crippen LogP contribution in [0.3, 0.4) is 0 Å². The minimum Gasteiger partial charge on any atom is -0.496 e. The highest BCUT2D eigenvalue weighted by Gasteiger charge is 2.23. The maximum atomic E-state index is 12.7. The molecule has 1 fully saturated rings. The van der Waals surface area contributed by atoms with Crippen molar-refractivity contribution >= 4 is 17.4 Å². The van der Waals surface area contributed by atoms with Gasteiger partial charge in [-0.3, -0.25) is 4.79 Å². The van der Waals surface area contributed by atoms with E-state index in [-0.39, 0.29) is 5.91 Å². The van der Waals surface area contributed by atoms with Crippen LogP contribution in [0.4, 0.5) is 5.82 Å². The van der Waals surface area contributed by atoms with Crippen molar-refractivity contribution in [3.63, 3.8) is 0 Å². The Hall–Kier alpha value is -3.16. The van der Waals surface area contributed by atoms with Crippen LogP contribution in [0.2, 0.25) is 0 Å². The van der Waals surface area contributed by atoms with Gasteiger partial charge < -0.3 is 14.5 Å². The summed E-state index contributed by atoms with van der Waals surface area (Å²) in [7, 11) is 1.63. The van der Waals surface area contributed by atoms with E-state index >= 15 is 0 Å². The number of carbonyl (C=O) groups excluding carboxylic acids is 1. The Balaban J connectivity index is 1.41. The first-order chi connectivity index (χ1) is 13.7. The number of fused-ring (bicyclic) bond motifs is 1. The minimum absolute atomic E-state index is 0.125. The van der Waals surface area contributed by atoms with E-state index in [1.165, 1.54) is 0 Å². The number of ether oxygens (including phenoxy) is 1. The molecule has 0 spiro atoms. The van der Waals surface area contributed by atoms with Crippen LogP contribution in [0, 0.1) is 0 Å². The molecule has 1 aliphatic rings. The average Bonchev–Trinajstić information content (AvgIpc) is 3.16. The summed E-state index contributed by atoms with van der Waals surface area (Å²) in [6.07, 6.45) is 1.14. The van der Waals surface area contributed by atoms with E-state index < -0.39 is 0 Å². The molecule has 8 heteroatoms. The highest BCUT2D eigenvalue weighted by atomic mass is 16.5. The fourth-order valence-electron chi connectivity index (χ4n) is 3.52. The van der Waals surface area contributed by atoms with Gasteiger partial charge in [0.05, 0.1) is 13.5 Å². The molecule has 1 aliphatic heterocycles. The third kappa shape index (κ3) is 3.49. The Morgan fingerprint density at radius 3 is 2.61 bits per heavy atom. The number of aromatic nitrogens is 4. The Morgan fingerprint density at radius 1 is 1.07 bits per heavy atom. The molecule has 28 heavy (non-hydrogen) atoms. The SMILES string of the molecule is CCc1nnc2ccc(N3CCN(C(=O)Cc4ccccc4OC)CC3)nn12. The fourth-order valence-corrected chi connectivity index (χ4v) is 3.52. The summed E-state index contributed by atoms with van der Waals surface area (Å²) in [4.78, 5) is 16.8. The topological polar surface area (TPSA) is 75.9 Å². The van der Waals surface area contributed by atoms with Crippen molar-refractivity contribution in [3.8, 4) is 5.75 Å². The normalized spacial score (nSPS) is 14.5. The predicted molar refractivity (Wildman–Crippen MR) is 106 cm³/mol. The molecule has 0 atom stereocenters. The summed E-state index contributed by atoms with van der Waals surface area (Å²) in [5, 5.41) is 13.0. The van der Waals surface area contributed by atoms with Crippen LogP contribution in [0.25, 0.3) is 5.65 Å². The minimum atomic E-state index is 0.125. The molecule has 1 amide bonds. The molecule has 3 aromatic rings. The number of benzene rings is 1. The second-order valence-corrected chi connectivity index (χ2v) is 6.79. The van der Waals surface area contributed by atoms with Crippen molar-refractivity contribution in [2.24, 2.45) is 0 Å². The van der Waals surface area contributed by atoms with Gasteiger partial charge in [0.15, 0.2) is 11.5 Å². The lowest BCUT2D eigenvalue weighted by Gasteiger charge is -2.35. The lowest BCUT2D eigenvalue weighted by molar-refractivity contribution is -0.130. The van der Waals surface area contributed by atoms with Gasteiger partial charge in [-0.05, 0) is 18.2 Å². The molecule has 0 unspecified atom stereocenters. The zero-order chi connectivity index (χ0) is 19.5. The quantitative estimate of drug-likeness (QED) is 0.669. The largest absolute Gasteiger partial charge is 0.496 e. The first kappa shape index (κ1) is 18.2. The fraction of sp³-hybridized carbons (Fsp3) is 0.400. The molecular weight excluding hydrogens is 356 g/mol. The van der Waals surface area contributed by atoms with Gasteiger partial charge in [-0.15, -0.1) is 15.3 Å². The molecular formula is C20H24N6O2. The number of amides is 1. The van der Waals surface area contributed by atoms with Crippen molar-refractivity contribution in [3.05, 3.63) is 47.8 Å². The van der Waals surface area contributed by atoms with Crippen LogP contribution >= 0.6 is 0 Å². The molecule has 0 bridgehead atoms. The molecule has 4 rings (SSSR count). The lowest BCUT2D eigenvalue weighted by atomic mass is 10.1. The lowest BCUT2D eigenvalue weighted by Crippen LogP contribution is -2.49. The highest BCUT2D eigenvalue weighted by Crippen LogP contribution is 2.20. The third-order valence-electron chi connectivity index (χ3n) is 5.12. The van der Waals surface area contributed by atoms with E-state index in [9.17, 15) is 4.79 Å². The molecule has 8 nitrogen and oxygen atoms in total. The van der Waals surface area contributed by atoms with Crippen LogP contribution < -0.4 is 9.64 Å². The maximum Gasteiger partial charge on any atom is 0.227 e. The third-order valence-corrected chi connectivity index (χ3v) is 5.12. The molecule has 1 aromatic carbocycles. The average molecular weight is 380 g/mol. The number of rotatable bonds is 5. The van der Waals surface area contributed by atoms with Crippen molar-refractivity contribution in [1.29, 1.82) is 0 Å². The monoisotopic (exact) mass is 380 g/mol. The first-order valence-corrected chi connectivity index (χ1v) is 9.55. The number of anilines is 1. The van der Waals surface area contributed by atoms with Crippen molar-refractivity contribution in [2.45, 2.75) is 19.8 Å². The number of methoxy groups -OCH3 is 1. The Labute approximate surface area is 163 Å².